The Morgan fingerprint density at radius 3 is 1.94 bits per heavy atom. The quantitative estimate of drug-likeness (QED) is 0.859. The van der Waals surface area contributed by atoms with E-state index in [1.807, 2.05) is 26.8 Å². The maximum absolute atomic E-state index is 10.8. The van der Waals surface area contributed by atoms with Crippen LogP contribution < -0.4 is 0 Å². The molecule has 0 aliphatic rings. The van der Waals surface area contributed by atoms with E-state index in [4.69, 9.17) is 10.2 Å². The zero-order valence-corrected chi connectivity index (χ0v) is 10.9. The topological polar surface area (TPSA) is 74.6 Å². The predicted octanol–water partition coefficient (Wildman–Crippen LogP) is 2.24. The van der Waals surface area contributed by atoms with Gasteiger partial charge in [-0.1, -0.05) is 39.0 Å². The number of benzene rings is 1. The van der Waals surface area contributed by atoms with Gasteiger partial charge in [0.25, 0.3) is 0 Å². The molecule has 4 nitrogen and oxygen atoms in total. The highest BCUT2D eigenvalue weighted by Gasteiger charge is 2.17. The van der Waals surface area contributed by atoms with Gasteiger partial charge in [0.05, 0.1) is 12.8 Å². The molecule has 0 saturated heterocycles. The summed E-state index contributed by atoms with van der Waals surface area (Å²) < 4.78 is 0. The van der Waals surface area contributed by atoms with Gasteiger partial charge in [0.1, 0.15) is 0 Å². The fourth-order valence-corrected chi connectivity index (χ4v) is 1.76. The highest BCUT2D eigenvalue weighted by Crippen LogP contribution is 2.25. The third-order valence-corrected chi connectivity index (χ3v) is 2.76. The minimum Gasteiger partial charge on any atom is -0.481 e. The average molecular weight is 250 g/mol. The summed E-state index contributed by atoms with van der Waals surface area (Å²) in [6, 6.07) is 5.38. The van der Waals surface area contributed by atoms with Crippen LogP contribution in [-0.2, 0) is 27.8 Å². The molecule has 0 amide bonds. The summed E-state index contributed by atoms with van der Waals surface area (Å²) in [5, 5.41) is 17.7. The molecule has 0 saturated carbocycles. The fraction of sp³-hybridized carbons (Fsp3) is 0.429. The Hall–Kier alpha value is -1.84. The maximum atomic E-state index is 10.8. The molecule has 4 heteroatoms. The molecule has 1 rings (SSSR count). The number of rotatable bonds is 4. The van der Waals surface area contributed by atoms with Crippen molar-refractivity contribution in [3.8, 4) is 0 Å². The highest BCUT2D eigenvalue weighted by atomic mass is 16.4. The van der Waals surface area contributed by atoms with Gasteiger partial charge < -0.3 is 10.2 Å². The molecule has 1 aromatic carbocycles. The molecule has 2 N–H and O–H groups in total. The van der Waals surface area contributed by atoms with E-state index in [1.165, 1.54) is 0 Å². The molecule has 0 radical (unpaired) electrons. The first-order valence-corrected chi connectivity index (χ1v) is 5.76. The molecule has 0 aromatic heterocycles. The number of hydrogen-bond donors (Lipinski definition) is 2. The predicted molar refractivity (Wildman–Crippen MR) is 67.8 cm³/mol. The van der Waals surface area contributed by atoms with Gasteiger partial charge in [-0.25, -0.2) is 0 Å². The van der Waals surface area contributed by atoms with Crippen LogP contribution >= 0.6 is 0 Å². The molecule has 0 spiro atoms. The molecule has 0 fully saturated rings. The highest BCUT2D eigenvalue weighted by molar-refractivity contribution is 5.74. The lowest BCUT2D eigenvalue weighted by atomic mass is 9.84. The Labute approximate surface area is 106 Å². The van der Waals surface area contributed by atoms with E-state index in [0.29, 0.717) is 11.1 Å². The van der Waals surface area contributed by atoms with Crippen LogP contribution in [-0.4, -0.2) is 22.2 Å². The molecule has 0 atom stereocenters. The van der Waals surface area contributed by atoms with E-state index in [1.54, 1.807) is 12.1 Å². The summed E-state index contributed by atoms with van der Waals surface area (Å²) in [7, 11) is 0. The SMILES string of the molecule is CC(C)(C)c1ccc(CC(=O)O)c(CC(=O)O)c1. The number of aliphatic carboxylic acids is 2. The standard InChI is InChI=1S/C14H18O4/c1-14(2,3)11-5-4-9(7-12(15)16)10(6-11)8-13(17)18/h4-6H,7-8H2,1-3H3,(H,15,16)(H,17,18). The van der Waals surface area contributed by atoms with Gasteiger partial charge in [-0.2, -0.15) is 0 Å². The molecule has 0 aliphatic heterocycles. The minimum atomic E-state index is -0.954. The number of carboxylic acids is 2. The van der Waals surface area contributed by atoms with Gasteiger partial charge >= 0.3 is 11.9 Å². The van der Waals surface area contributed by atoms with Crippen molar-refractivity contribution in [2.75, 3.05) is 0 Å². The molecular formula is C14H18O4. The van der Waals surface area contributed by atoms with E-state index in [9.17, 15) is 9.59 Å². The van der Waals surface area contributed by atoms with Crippen LogP contribution in [0.2, 0.25) is 0 Å². The second-order valence-electron chi connectivity index (χ2n) is 5.37. The van der Waals surface area contributed by atoms with Gasteiger partial charge in [-0.3, -0.25) is 9.59 Å². The van der Waals surface area contributed by atoms with Gasteiger partial charge in [-0.15, -0.1) is 0 Å². The van der Waals surface area contributed by atoms with Crippen LogP contribution in [0.25, 0.3) is 0 Å². The lowest BCUT2D eigenvalue weighted by Gasteiger charge is -2.21. The number of hydrogen-bond acceptors (Lipinski definition) is 2. The van der Waals surface area contributed by atoms with E-state index >= 15 is 0 Å². The van der Waals surface area contributed by atoms with Crippen molar-refractivity contribution in [2.45, 2.75) is 39.0 Å². The lowest BCUT2D eigenvalue weighted by Crippen LogP contribution is -2.14. The number of carbonyl (C=O) groups is 2. The van der Waals surface area contributed by atoms with Crippen molar-refractivity contribution in [3.63, 3.8) is 0 Å². The van der Waals surface area contributed by atoms with Crippen molar-refractivity contribution in [1.82, 2.24) is 0 Å². The van der Waals surface area contributed by atoms with Crippen LogP contribution in [0.4, 0.5) is 0 Å². The Kier molecular flexibility index (Phi) is 4.11. The van der Waals surface area contributed by atoms with Crippen LogP contribution in [0, 0.1) is 0 Å². The summed E-state index contributed by atoms with van der Waals surface area (Å²) in [6.45, 7) is 6.09. The van der Waals surface area contributed by atoms with Crippen LogP contribution in [0.5, 0.6) is 0 Å². The Bertz CT molecular complexity index is 469. The van der Waals surface area contributed by atoms with Gasteiger partial charge in [0, 0.05) is 0 Å². The van der Waals surface area contributed by atoms with Gasteiger partial charge in [0.15, 0.2) is 0 Å². The average Bonchev–Trinajstić information content (AvgIpc) is 2.17. The van der Waals surface area contributed by atoms with Crippen molar-refractivity contribution in [3.05, 3.63) is 34.9 Å². The first kappa shape index (κ1) is 14.2. The zero-order chi connectivity index (χ0) is 13.9. The van der Waals surface area contributed by atoms with Crippen molar-refractivity contribution >= 4 is 11.9 Å². The Morgan fingerprint density at radius 2 is 1.50 bits per heavy atom. The first-order chi connectivity index (χ1) is 8.20. The maximum Gasteiger partial charge on any atom is 0.307 e. The summed E-state index contributed by atoms with van der Waals surface area (Å²) >= 11 is 0. The minimum absolute atomic E-state index is 0.0883. The molecule has 0 bridgehead atoms. The van der Waals surface area contributed by atoms with Gasteiger partial charge in [-0.05, 0) is 22.1 Å². The lowest BCUT2D eigenvalue weighted by molar-refractivity contribution is -0.137. The molecule has 98 valence electrons. The molecule has 0 heterocycles. The molecule has 0 unspecified atom stereocenters. The Morgan fingerprint density at radius 1 is 1.00 bits per heavy atom. The van der Waals surface area contributed by atoms with Crippen LogP contribution in [0.1, 0.15) is 37.5 Å². The smallest absolute Gasteiger partial charge is 0.307 e. The normalized spacial score (nSPS) is 11.3. The van der Waals surface area contributed by atoms with E-state index in [-0.39, 0.29) is 18.3 Å². The summed E-state index contributed by atoms with van der Waals surface area (Å²) in [5.41, 5.74) is 2.07. The molecular weight excluding hydrogens is 232 g/mol. The third kappa shape index (κ3) is 3.87. The molecule has 0 aliphatic carbocycles. The molecule has 18 heavy (non-hydrogen) atoms. The summed E-state index contributed by atoms with van der Waals surface area (Å²) in [5.74, 6) is -1.90. The van der Waals surface area contributed by atoms with Crippen molar-refractivity contribution in [2.24, 2.45) is 0 Å². The first-order valence-electron chi connectivity index (χ1n) is 5.76. The third-order valence-electron chi connectivity index (χ3n) is 2.76. The van der Waals surface area contributed by atoms with Crippen LogP contribution in [0.15, 0.2) is 18.2 Å². The second kappa shape index (κ2) is 5.21. The van der Waals surface area contributed by atoms with E-state index < -0.39 is 11.9 Å². The Balaban J connectivity index is 3.20. The van der Waals surface area contributed by atoms with E-state index in [0.717, 1.165) is 5.56 Å². The van der Waals surface area contributed by atoms with Crippen molar-refractivity contribution in [1.29, 1.82) is 0 Å². The fourth-order valence-electron chi connectivity index (χ4n) is 1.76. The van der Waals surface area contributed by atoms with Crippen molar-refractivity contribution < 1.29 is 19.8 Å². The number of carboxylic acid groups (broad SMARTS) is 2. The summed E-state index contributed by atoms with van der Waals surface area (Å²) in [6.07, 6.45) is -0.292. The second-order valence-corrected chi connectivity index (χ2v) is 5.37. The summed E-state index contributed by atoms with van der Waals surface area (Å²) in [4.78, 5) is 21.6. The van der Waals surface area contributed by atoms with E-state index in [2.05, 4.69) is 0 Å². The van der Waals surface area contributed by atoms with Gasteiger partial charge in [0.2, 0.25) is 0 Å². The monoisotopic (exact) mass is 250 g/mol. The largest absolute Gasteiger partial charge is 0.481 e. The van der Waals surface area contributed by atoms with Crippen LogP contribution in [0.3, 0.4) is 0 Å². The zero-order valence-electron chi connectivity index (χ0n) is 10.9. The molecule has 1 aromatic rings.